The summed E-state index contributed by atoms with van der Waals surface area (Å²) in [6, 6.07) is 4.32. The van der Waals surface area contributed by atoms with E-state index in [-0.39, 0.29) is 11.1 Å². The summed E-state index contributed by atoms with van der Waals surface area (Å²) in [5, 5.41) is 0.187. The maximum atomic E-state index is 13.1. The molecule has 2 rings (SSSR count). The molecule has 0 amide bonds. The SMILES string of the molecule is COc1cc(F)ccc1-c1cnc(Cl)nc1C. The Bertz CT molecular complexity index is 560. The van der Waals surface area contributed by atoms with E-state index in [4.69, 9.17) is 16.3 Å². The molecule has 0 unspecified atom stereocenters. The number of methoxy groups -OCH3 is 1. The highest BCUT2D eigenvalue weighted by Crippen LogP contribution is 2.31. The van der Waals surface area contributed by atoms with Gasteiger partial charge in [-0.05, 0) is 30.7 Å². The van der Waals surface area contributed by atoms with Gasteiger partial charge in [0.2, 0.25) is 5.28 Å². The van der Waals surface area contributed by atoms with Crippen LogP contribution in [-0.2, 0) is 0 Å². The van der Waals surface area contributed by atoms with Crippen molar-refractivity contribution >= 4 is 11.6 Å². The van der Waals surface area contributed by atoms with Crippen molar-refractivity contribution in [3.63, 3.8) is 0 Å². The van der Waals surface area contributed by atoms with E-state index in [9.17, 15) is 4.39 Å². The Morgan fingerprint density at radius 1 is 1.29 bits per heavy atom. The lowest BCUT2D eigenvalue weighted by atomic mass is 10.1. The first-order valence-corrected chi connectivity index (χ1v) is 5.32. The van der Waals surface area contributed by atoms with Crippen LogP contribution in [-0.4, -0.2) is 17.1 Å². The zero-order valence-electron chi connectivity index (χ0n) is 9.37. The van der Waals surface area contributed by atoms with Crippen LogP contribution < -0.4 is 4.74 Å². The Morgan fingerprint density at radius 3 is 2.71 bits per heavy atom. The standard InChI is InChI=1S/C12H10ClFN2O/c1-7-10(6-15-12(13)16-7)9-4-3-8(14)5-11(9)17-2/h3-6H,1-2H3. The molecule has 1 aromatic carbocycles. The number of hydrogen-bond acceptors (Lipinski definition) is 3. The highest BCUT2D eigenvalue weighted by Gasteiger charge is 2.11. The van der Waals surface area contributed by atoms with E-state index in [0.717, 1.165) is 16.8 Å². The summed E-state index contributed by atoms with van der Waals surface area (Å²) in [6.45, 7) is 1.81. The van der Waals surface area contributed by atoms with Gasteiger partial charge in [0.15, 0.2) is 0 Å². The molecule has 0 bridgehead atoms. The maximum absolute atomic E-state index is 13.1. The van der Waals surface area contributed by atoms with Crippen LogP contribution >= 0.6 is 11.6 Å². The summed E-state index contributed by atoms with van der Waals surface area (Å²) in [5.41, 5.74) is 2.23. The van der Waals surface area contributed by atoms with Gasteiger partial charge in [0.1, 0.15) is 11.6 Å². The second-order valence-corrected chi connectivity index (χ2v) is 3.82. The number of ether oxygens (including phenoxy) is 1. The van der Waals surface area contributed by atoms with Crippen LogP contribution in [0.1, 0.15) is 5.69 Å². The minimum Gasteiger partial charge on any atom is -0.496 e. The molecule has 0 saturated heterocycles. The average molecular weight is 253 g/mol. The first-order valence-electron chi connectivity index (χ1n) is 4.95. The van der Waals surface area contributed by atoms with Crippen molar-refractivity contribution < 1.29 is 9.13 Å². The Hall–Kier alpha value is -1.68. The summed E-state index contributed by atoms with van der Waals surface area (Å²) in [7, 11) is 1.49. The Morgan fingerprint density at radius 2 is 2.06 bits per heavy atom. The molecule has 0 aliphatic carbocycles. The Balaban J connectivity index is 2.60. The van der Waals surface area contributed by atoms with Gasteiger partial charge in [0.05, 0.1) is 12.8 Å². The molecule has 0 fully saturated rings. The minimum atomic E-state index is -0.349. The summed E-state index contributed by atoms with van der Waals surface area (Å²) in [6.07, 6.45) is 1.60. The van der Waals surface area contributed by atoms with E-state index in [1.165, 1.54) is 19.2 Å². The molecule has 0 radical (unpaired) electrons. The molecule has 1 heterocycles. The van der Waals surface area contributed by atoms with E-state index < -0.39 is 0 Å². The molecule has 3 nitrogen and oxygen atoms in total. The van der Waals surface area contributed by atoms with Gasteiger partial charge in [-0.25, -0.2) is 14.4 Å². The van der Waals surface area contributed by atoms with E-state index in [1.807, 2.05) is 6.92 Å². The minimum absolute atomic E-state index is 0.187. The Labute approximate surface area is 103 Å². The van der Waals surface area contributed by atoms with Gasteiger partial charge in [0, 0.05) is 23.4 Å². The average Bonchev–Trinajstić information content (AvgIpc) is 2.30. The van der Waals surface area contributed by atoms with Crippen molar-refractivity contribution in [1.82, 2.24) is 9.97 Å². The summed E-state index contributed by atoms with van der Waals surface area (Å²) < 4.78 is 18.2. The lowest BCUT2D eigenvalue weighted by Crippen LogP contribution is -1.94. The lowest BCUT2D eigenvalue weighted by Gasteiger charge is -2.10. The fourth-order valence-electron chi connectivity index (χ4n) is 1.59. The molecule has 0 spiro atoms. The van der Waals surface area contributed by atoms with Crippen LogP contribution in [0.2, 0.25) is 5.28 Å². The number of aryl methyl sites for hydroxylation is 1. The molecule has 2 aromatic rings. The molecule has 0 aliphatic heterocycles. The van der Waals surface area contributed by atoms with Crippen molar-refractivity contribution in [2.45, 2.75) is 6.92 Å². The quantitative estimate of drug-likeness (QED) is 0.770. The summed E-state index contributed by atoms with van der Waals surface area (Å²) in [4.78, 5) is 7.97. The lowest BCUT2D eigenvalue weighted by molar-refractivity contribution is 0.413. The molecule has 5 heteroatoms. The van der Waals surface area contributed by atoms with Crippen molar-refractivity contribution in [3.05, 3.63) is 41.2 Å². The predicted molar refractivity (Wildman–Crippen MR) is 63.7 cm³/mol. The second kappa shape index (κ2) is 4.67. The van der Waals surface area contributed by atoms with Gasteiger partial charge in [0.25, 0.3) is 0 Å². The van der Waals surface area contributed by atoms with Crippen molar-refractivity contribution in [2.24, 2.45) is 0 Å². The van der Waals surface area contributed by atoms with Crippen LogP contribution in [0.4, 0.5) is 4.39 Å². The first kappa shape index (κ1) is 11.8. The summed E-state index contributed by atoms with van der Waals surface area (Å²) >= 11 is 5.69. The fraction of sp³-hybridized carbons (Fsp3) is 0.167. The van der Waals surface area contributed by atoms with Crippen LogP contribution in [0.15, 0.2) is 24.4 Å². The molecule has 17 heavy (non-hydrogen) atoms. The topological polar surface area (TPSA) is 35.0 Å². The van der Waals surface area contributed by atoms with E-state index >= 15 is 0 Å². The second-order valence-electron chi connectivity index (χ2n) is 3.48. The van der Waals surface area contributed by atoms with Gasteiger partial charge in [-0.3, -0.25) is 0 Å². The van der Waals surface area contributed by atoms with E-state index in [0.29, 0.717) is 5.75 Å². The van der Waals surface area contributed by atoms with Gasteiger partial charge in [-0.2, -0.15) is 0 Å². The molecule has 88 valence electrons. The Kier molecular flexibility index (Phi) is 3.24. The highest BCUT2D eigenvalue weighted by atomic mass is 35.5. The third-order valence-corrected chi connectivity index (χ3v) is 2.59. The zero-order chi connectivity index (χ0) is 12.4. The predicted octanol–water partition coefficient (Wildman–Crippen LogP) is 3.25. The molecule has 0 aliphatic rings. The maximum Gasteiger partial charge on any atom is 0.222 e. The van der Waals surface area contributed by atoms with E-state index in [2.05, 4.69) is 9.97 Å². The summed E-state index contributed by atoms with van der Waals surface area (Å²) in [5.74, 6) is 0.0946. The van der Waals surface area contributed by atoms with Crippen LogP contribution in [0, 0.1) is 12.7 Å². The molecule has 0 saturated carbocycles. The smallest absolute Gasteiger partial charge is 0.222 e. The molecule has 1 aromatic heterocycles. The van der Waals surface area contributed by atoms with Crippen LogP contribution in [0.5, 0.6) is 5.75 Å². The van der Waals surface area contributed by atoms with Gasteiger partial charge >= 0.3 is 0 Å². The van der Waals surface area contributed by atoms with Crippen molar-refractivity contribution in [3.8, 4) is 16.9 Å². The van der Waals surface area contributed by atoms with Gasteiger partial charge in [-0.1, -0.05) is 0 Å². The number of hydrogen-bond donors (Lipinski definition) is 0. The van der Waals surface area contributed by atoms with Crippen molar-refractivity contribution in [2.75, 3.05) is 7.11 Å². The first-order chi connectivity index (χ1) is 8.11. The highest BCUT2D eigenvalue weighted by molar-refractivity contribution is 6.28. The van der Waals surface area contributed by atoms with Crippen LogP contribution in [0.25, 0.3) is 11.1 Å². The monoisotopic (exact) mass is 252 g/mol. The van der Waals surface area contributed by atoms with Gasteiger partial charge < -0.3 is 4.74 Å². The van der Waals surface area contributed by atoms with Crippen molar-refractivity contribution in [1.29, 1.82) is 0 Å². The van der Waals surface area contributed by atoms with Gasteiger partial charge in [-0.15, -0.1) is 0 Å². The number of aromatic nitrogens is 2. The van der Waals surface area contributed by atoms with Crippen LogP contribution in [0.3, 0.4) is 0 Å². The molecule has 0 N–H and O–H groups in total. The third kappa shape index (κ3) is 2.36. The largest absolute Gasteiger partial charge is 0.496 e. The molecular formula is C12H10ClFN2O. The van der Waals surface area contributed by atoms with E-state index in [1.54, 1.807) is 12.3 Å². The number of rotatable bonds is 2. The number of benzene rings is 1. The molecular weight excluding hydrogens is 243 g/mol. The zero-order valence-corrected chi connectivity index (χ0v) is 10.1. The molecule has 0 atom stereocenters. The number of nitrogens with zero attached hydrogens (tertiary/aromatic N) is 2. The third-order valence-electron chi connectivity index (χ3n) is 2.40. The fourth-order valence-corrected chi connectivity index (χ4v) is 1.77. The normalized spacial score (nSPS) is 10.4. The number of halogens is 2.